The third-order valence-electron chi connectivity index (χ3n) is 5.49. The lowest BCUT2D eigenvalue weighted by atomic mass is 9.96. The smallest absolute Gasteiger partial charge is 0.296 e. The highest BCUT2D eigenvalue weighted by Gasteiger charge is 2.48. The van der Waals surface area contributed by atoms with E-state index in [1.54, 1.807) is 78.9 Å². The van der Waals surface area contributed by atoms with E-state index in [0.717, 1.165) is 17.7 Å². The Morgan fingerprint density at radius 2 is 1.28 bits per heavy atom. The molecule has 0 radical (unpaired) electrons. The molecule has 0 aliphatic heterocycles. The fourth-order valence-electron chi connectivity index (χ4n) is 3.71. The van der Waals surface area contributed by atoms with Crippen molar-refractivity contribution in [3.05, 3.63) is 109 Å². The second kappa shape index (κ2) is 8.78. The van der Waals surface area contributed by atoms with Crippen molar-refractivity contribution in [3.63, 3.8) is 0 Å². The molecule has 0 aliphatic rings. The van der Waals surface area contributed by atoms with E-state index in [-0.39, 0.29) is 5.56 Å². The van der Waals surface area contributed by atoms with Crippen LogP contribution in [0.3, 0.4) is 0 Å². The van der Waals surface area contributed by atoms with E-state index in [4.69, 9.17) is 0 Å². The maximum atomic E-state index is 15.3. The van der Waals surface area contributed by atoms with Gasteiger partial charge in [-0.05, 0) is 46.7 Å². The Hall–Kier alpha value is -3.14. The molecule has 3 nitrogen and oxygen atoms in total. The Bertz CT molecular complexity index is 1250. The van der Waals surface area contributed by atoms with Gasteiger partial charge in [-0.2, -0.15) is 8.78 Å². The molecular formula is C26H22F2NO2P. The van der Waals surface area contributed by atoms with E-state index in [9.17, 15) is 9.36 Å². The predicted octanol–water partition coefficient (Wildman–Crippen LogP) is 5.62. The fourth-order valence-corrected chi connectivity index (χ4v) is 6.17. The summed E-state index contributed by atoms with van der Waals surface area (Å²) in [7, 11) is -3.72. The van der Waals surface area contributed by atoms with Gasteiger partial charge in [0, 0.05) is 17.5 Å². The van der Waals surface area contributed by atoms with E-state index in [1.165, 1.54) is 0 Å². The molecule has 0 heterocycles. The highest BCUT2D eigenvalue weighted by molar-refractivity contribution is 7.76. The normalized spacial score (nSPS) is 13.1. The highest BCUT2D eigenvalue weighted by Crippen LogP contribution is 2.46. The van der Waals surface area contributed by atoms with Gasteiger partial charge in [0.2, 0.25) is 13.1 Å². The van der Waals surface area contributed by atoms with Gasteiger partial charge in [-0.3, -0.25) is 9.36 Å². The zero-order valence-corrected chi connectivity index (χ0v) is 18.3. The van der Waals surface area contributed by atoms with E-state index in [1.807, 2.05) is 24.3 Å². The fraction of sp³-hybridized carbons (Fsp3) is 0.115. The molecule has 1 N–H and O–H groups in total. The van der Waals surface area contributed by atoms with Gasteiger partial charge in [0.1, 0.15) is 6.04 Å². The number of nitrogens with one attached hydrogen (secondary N) is 1. The average Bonchev–Trinajstić information content (AvgIpc) is 2.83. The van der Waals surface area contributed by atoms with Gasteiger partial charge in [-0.25, -0.2) is 5.09 Å². The standard InChI is InChI=1S/C26H22F2NO2P/c1-19(30)26(27,28)25(22-17-16-20-10-8-9-11-21(20)18-22)29-32(31,23-12-4-2-5-13-23)24-14-6-3-7-15-24/h2-18,25H,1H3,(H,29,31). The molecular weight excluding hydrogens is 427 g/mol. The molecule has 0 fully saturated rings. The number of fused-ring (bicyclic) bond motifs is 1. The van der Waals surface area contributed by atoms with Gasteiger partial charge in [-0.1, -0.05) is 72.8 Å². The molecule has 1 unspecified atom stereocenters. The SMILES string of the molecule is CC(=O)C(F)(F)C(NP(=O)(c1ccccc1)c1ccccc1)c1ccc2ccccc2c1. The van der Waals surface area contributed by atoms with Crippen LogP contribution in [0.1, 0.15) is 18.5 Å². The lowest BCUT2D eigenvalue weighted by molar-refractivity contribution is -0.144. The van der Waals surface area contributed by atoms with Crippen molar-refractivity contribution < 1.29 is 18.1 Å². The molecule has 0 saturated carbocycles. The summed E-state index contributed by atoms with van der Waals surface area (Å²) in [6.45, 7) is 0.853. The van der Waals surface area contributed by atoms with Crippen LogP contribution in [0.15, 0.2) is 103 Å². The summed E-state index contributed by atoms with van der Waals surface area (Å²) in [4.78, 5) is 12.0. The van der Waals surface area contributed by atoms with Crippen molar-refractivity contribution in [3.8, 4) is 0 Å². The number of carbonyl (C=O) groups excluding carboxylic acids is 1. The van der Waals surface area contributed by atoms with E-state index >= 15 is 8.78 Å². The van der Waals surface area contributed by atoms with Gasteiger partial charge >= 0.3 is 5.92 Å². The van der Waals surface area contributed by atoms with Crippen molar-refractivity contribution in [1.29, 1.82) is 0 Å². The number of halogens is 2. The van der Waals surface area contributed by atoms with Gasteiger partial charge in [0.15, 0.2) is 0 Å². The van der Waals surface area contributed by atoms with Crippen LogP contribution in [-0.2, 0) is 9.36 Å². The number of hydrogen-bond donors (Lipinski definition) is 1. The van der Waals surface area contributed by atoms with Crippen LogP contribution >= 0.6 is 7.29 Å². The number of rotatable bonds is 7. The molecule has 0 saturated heterocycles. The van der Waals surface area contributed by atoms with Gasteiger partial charge in [-0.15, -0.1) is 0 Å². The molecule has 4 aromatic carbocycles. The first-order valence-corrected chi connectivity index (χ1v) is 11.9. The Morgan fingerprint density at radius 3 is 1.81 bits per heavy atom. The largest absolute Gasteiger partial charge is 0.324 e. The van der Waals surface area contributed by atoms with Crippen molar-refractivity contribution in [2.45, 2.75) is 18.9 Å². The molecule has 0 amide bonds. The Labute approximate surface area is 185 Å². The third-order valence-corrected chi connectivity index (χ3v) is 8.16. The Balaban J connectivity index is 1.90. The minimum atomic E-state index is -3.78. The summed E-state index contributed by atoms with van der Waals surface area (Å²) in [5.41, 5.74) is 0.191. The molecule has 6 heteroatoms. The molecule has 0 spiro atoms. The number of alkyl halides is 2. The Kier molecular flexibility index (Phi) is 6.05. The summed E-state index contributed by atoms with van der Waals surface area (Å²) < 4.78 is 45.0. The van der Waals surface area contributed by atoms with Crippen LogP contribution in [0, 0.1) is 0 Å². The molecule has 0 bridgehead atoms. The monoisotopic (exact) mass is 449 g/mol. The van der Waals surface area contributed by atoms with Crippen molar-refractivity contribution in [2.75, 3.05) is 0 Å². The minimum absolute atomic E-state index is 0.191. The zero-order valence-electron chi connectivity index (χ0n) is 17.4. The molecule has 4 rings (SSSR count). The number of benzene rings is 4. The lowest BCUT2D eigenvalue weighted by Crippen LogP contribution is -2.44. The topological polar surface area (TPSA) is 46.2 Å². The molecule has 0 aromatic heterocycles. The quantitative estimate of drug-likeness (QED) is 0.373. The van der Waals surface area contributed by atoms with Crippen LogP contribution < -0.4 is 15.7 Å². The van der Waals surface area contributed by atoms with E-state index < -0.39 is 25.0 Å². The summed E-state index contributed by atoms with van der Waals surface area (Å²) in [5, 5.41) is 5.16. The maximum absolute atomic E-state index is 15.3. The van der Waals surface area contributed by atoms with Crippen LogP contribution in [-0.4, -0.2) is 11.7 Å². The zero-order chi connectivity index (χ0) is 22.8. The summed E-state index contributed by atoms with van der Waals surface area (Å²) in [6, 6.07) is 27.4. The number of carbonyl (C=O) groups is 1. The Morgan fingerprint density at radius 1 is 0.781 bits per heavy atom. The predicted molar refractivity (Wildman–Crippen MR) is 125 cm³/mol. The first kappa shape index (κ1) is 22.1. The molecule has 0 aliphatic carbocycles. The van der Waals surface area contributed by atoms with Crippen LogP contribution in [0.25, 0.3) is 10.8 Å². The van der Waals surface area contributed by atoms with Crippen molar-refractivity contribution in [1.82, 2.24) is 5.09 Å². The van der Waals surface area contributed by atoms with E-state index in [2.05, 4.69) is 5.09 Å². The van der Waals surface area contributed by atoms with Crippen molar-refractivity contribution in [2.24, 2.45) is 0 Å². The maximum Gasteiger partial charge on any atom is 0.324 e. The number of hydrogen-bond acceptors (Lipinski definition) is 2. The molecule has 162 valence electrons. The first-order chi connectivity index (χ1) is 15.3. The second-order valence-electron chi connectivity index (χ2n) is 7.63. The van der Waals surface area contributed by atoms with Crippen molar-refractivity contribution >= 4 is 34.5 Å². The van der Waals surface area contributed by atoms with E-state index in [0.29, 0.717) is 10.6 Å². The third kappa shape index (κ3) is 4.14. The van der Waals surface area contributed by atoms with Gasteiger partial charge < -0.3 is 0 Å². The van der Waals surface area contributed by atoms with Gasteiger partial charge in [0.25, 0.3) is 0 Å². The number of ketones is 1. The lowest BCUT2D eigenvalue weighted by Gasteiger charge is -2.31. The van der Waals surface area contributed by atoms with Crippen LogP contribution in [0.2, 0.25) is 0 Å². The highest BCUT2D eigenvalue weighted by atomic mass is 31.2. The average molecular weight is 449 g/mol. The molecule has 4 aromatic rings. The summed E-state index contributed by atoms with van der Waals surface area (Å²) >= 11 is 0. The summed E-state index contributed by atoms with van der Waals surface area (Å²) in [6.07, 6.45) is 0. The van der Waals surface area contributed by atoms with Gasteiger partial charge in [0.05, 0.1) is 0 Å². The van der Waals surface area contributed by atoms with Crippen LogP contribution in [0.4, 0.5) is 8.78 Å². The minimum Gasteiger partial charge on any atom is -0.296 e. The second-order valence-corrected chi connectivity index (χ2v) is 10.1. The summed E-state index contributed by atoms with van der Waals surface area (Å²) in [5.74, 6) is -5.07. The number of Topliss-reactive ketones (excluding diaryl/α,β-unsaturated/α-hetero) is 1. The first-order valence-electron chi connectivity index (χ1n) is 10.2. The molecule has 1 atom stereocenters. The molecule has 32 heavy (non-hydrogen) atoms. The van der Waals surface area contributed by atoms with Crippen LogP contribution in [0.5, 0.6) is 0 Å².